The molecule has 0 atom stereocenters. The van der Waals surface area contributed by atoms with Gasteiger partial charge in [0.25, 0.3) is 0 Å². The maximum Gasteiger partial charge on any atom is 0.413 e. The molecule has 14 heteroatoms. The first kappa shape index (κ1) is 34.1. The van der Waals surface area contributed by atoms with Gasteiger partial charge < -0.3 is 9.47 Å². The lowest BCUT2D eigenvalue weighted by molar-refractivity contribution is 0.0901. The number of carbonyl (C=O) groups excluding carboxylic acids is 4. The van der Waals surface area contributed by atoms with Crippen molar-refractivity contribution in [3.05, 3.63) is 119 Å². The lowest BCUT2D eigenvalue weighted by atomic mass is 10.0. The van der Waals surface area contributed by atoms with Gasteiger partial charge >= 0.3 is 12.2 Å². The van der Waals surface area contributed by atoms with Crippen LogP contribution in [-0.4, -0.2) is 93.1 Å². The molecule has 0 aliphatic carbocycles. The highest BCUT2D eigenvalue weighted by molar-refractivity contribution is 6.11. The summed E-state index contributed by atoms with van der Waals surface area (Å²) in [6.45, 7) is 3.59. The van der Waals surface area contributed by atoms with Crippen LogP contribution in [-0.2, 0) is 22.8 Å². The first-order valence-electron chi connectivity index (χ1n) is 16.7. The lowest BCUT2D eigenvalue weighted by Crippen LogP contribution is -2.47. The number of nitrogens with one attached hydrogen (secondary N) is 2. The number of amides is 2. The molecule has 3 heterocycles. The van der Waals surface area contributed by atoms with Crippen LogP contribution in [0.5, 0.6) is 0 Å². The Labute approximate surface area is 298 Å². The molecule has 0 unspecified atom stereocenters. The Morgan fingerprint density at radius 1 is 0.558 bits per heavy atom. The number of imidazole rings is 2. The monoisotopic (exact) mass is 700 g/mol. The molecular formula is C38H36N8O6. The Balaban J connectivity index is 1.09. The molecule has 2 amide bonds. The van der Waals surface area contributed by atoms with Gasteiger partial charge in [0.2, 0.25) is 11.9 Å². The smallest absolute Gasteiger partial charge is 0.413 e. The number of hydrogen-bond acceptors (Lipinski definition) is 10. The zero-order valence-electron chi connectivity index (χ0n) is 28.6. The maximum atomic E-state index is 13.1. The van der Waals surface area contributed by atoms with Crippen LogP contribution in [0.2, 0.25) is 0 Å². The number of aromatic nitrogens is 4. The number of nitrogens with zero attached hydrogens (tertiary/aromatic N) is 6. The summed E-state index contributed by atoms with van der Waals surface area (Å²) in [7, 11) is 2.58. The van der Waals surface area contributed by atoms with Crippen molar-refractivity contribution in [3.63, 3.8) is 0 Å². The van der Waals surface area contributed by atoms with Crippen LogP contribution >= 0.6 is 0 Å². The third-order valence-electron chi connectivity index (χ3n) is 9.04. The fourth-order valence-electron chi connectivity index (χ4n) is 6.29. The Bertz CT molecular complexity index is 2120. The van der Waals surface area contributed by atoms with Crippen molar-refractivity contribution >= 4 is 57.7 Å². The molecule has 4 aromatic carbocycles. The molecular weight excluding hydrogens is 664 g/mol. The van der Waals surface area contributed by atoms with Crippen LogP contribution in [0.15, 0.2) is 97.1 Å². The zero-order chi connectivity index (χ0) is 36.2. The molecule has 2 aromatic heterocycles. The van der Waals surface area contributed by atoms with E-state index < -0.39 is 12.2 Å². The molecule has 7 rings (SSSR count). The Kier molecular flexibility index (Phi) is 9.73. The van der Waals surface area contributed by atoms with Crippen LogP contribution < -0.4 is 10.6 Å². The molecule has 1 saturated heterocycles. The zero-order valence-corrected chi connectivity index (χ0v) is 28.6. The SMILES string of the molecule is COC(=O)Nc1nc2cc(C(=O)c3ccccc3)ccc2n1CN1CCN(Cn2c(NC(=O)OC)nc3cc(C(=O)c4ccccc4)ccc32)CC1. The van der Waals surface area contributed by atoms with Crippen LogP contribution in [0, 0.1) is 0 Å². The van der Waals surface area contributed by atoms with Gasteiger partial charge in [0.05, 0.1) is 49.6 Å². The van der Waals surface area contributed by atoms with Crippen molar-refractivity contribution in [1.82, 2.24) is 28.9 Å². The molecule has 2 N–H and O–H groups in total. The number of piperazine rings is 1. The number of ketones is 2. The van der Waals surface area contributed by atoms with E-state index in [0.717, 1.165) is 11.0 Å². The lowest BCUT2D eigenvalue weighted by Gasteiger charge is -2.35. The van der Waals surface area contributed by atoms with E-state index in [0.29, 0.717) is 84.7 Å². The average molecular weight is 701 g/mol. The molecule has 264 valence electrons. The summed E-state index contributed by atoms with van der Waals surface area (Å²) in [6, 6.07) is 28.8. The van der Waals surface area contributed by atoms with E-state index in [1.807, 2.05) is 57.7 Å². The minimum Gasteiger partial charge on any atom is -0.453 e. The first-order valence-corrected chi connectivity index (χ1v) is 16.7. The van der Waals surface area contributed by atoms with Crippen molar-refractivity contribution in [3.8, 4) is 0 Å². The Morgan fingerprint density at radius 3 is 1.31 bits per heavy atom. The molecule has 0 saturated carbocycles. The highest BCUT2D eigenvalue weighted by Crippen LogP contribution is 2.26. The van der Waals surface area contributed by atoms with E-state index in [4.69, 9.17) is 9.47 Å². The van der Waals surface area contributed by atoms with Gasteiger partial charge in [-0.3, -0.25) is 39.2 Å². The van der Waals surface area contributed by atoms with Gasteiger partial charge in [0.1, 0.15) is 0 Å². The number of hydrogen-bond donors (Lipinski definition) is 2. The van der Waals surface area contributed by atoms with Gasteiger partial charge in [-0.25, -0.2) is 19.6 Å². The van der Waals surface area contributed by atoms with Crippen LogP contribution in [0.4, 0.5) is 21.5 Å². The number of rotatable bonds is 10. The van der Waals surface area contributed by atoms with Crippen LogP contribution in [0.25, 0.3) is 22.1 Å². The van der Waals surface area contributed by atoms with Crippen LogP contribution in [0.3, 0.4) is 0 Å². The Morgan fingerprint density at radius 2 is 0.942 bits per heavy atom. The van der Waals surface area contributed by atoms with E-state index in [2.05, 4.69) is 30.4 Å². The second kappa shape index (κ2) is 14.8. The summed E-state index contributed by atoms with van der Waals surface area (Å²) >= 11 is 0. The second-order valence-electron chi connectivity index (χ2n) is 12.3. The topological polar surface area (TPSA) is 153 Å². The van der Waals surface area contributed by atoms with Crippen LogP contribution in [0.1, 0.15) is 31.8 Å². The van der Waals surface area contributed by atoms with Crippen molar-refractivity contribution in [2.45, 2.75) is 13.3 Å². The largest absolute Gasteiger partial charge is 0.453 e. The molecule has 1 fully saturated rings. The summed E-state index contributed by atoms with van der Waals surface area (Å²) in [6.07, 6.45) is -1.30. The summed E-state index contributed by atoms with van der Waals surface area (Å²) in [5.41, 5.74) is 4.79. The quantitative estimate of drug-likeness (QED) is 0.177. The van der Waals surface area contributed by atoms with Gasteiger partial charge in [-0.1, -0.05) is 60.7 Å². The highest BCUT2D eigenvalue weighted by atomic mass is 16.5. The number of anilines is 2. The van der Waals surface area contributed by atoms with E-state index in [1.54, 1.807) is 48.5 Å². The van der Waals surface area contributed by atoms with Gasteiger partial charge in [-0.2, -0.15) is 0 Å². The third kappa shape index (κ3) is 7.10. The second-order valence-corrected chi connectivity index (χ2v) is 12.3. The predicted octanol–water partition coefficient (Wildman–Crippen LogP) is 5.44. The minimum atomic E-state index is -0.651. The van der Waals surface area contributed by atoms with E-state index in [1.165, 1.54) is 14.2 Å². The summed E-state index contributed by atoms with van der Waals surface area (Å²) < 4.78 is 13.5. The molecule has 0 radical (unpaired) electrons. The number of methoxy groups -OCH3 is 2. The number of benzene rings is 4. The molecule has 1 aliphatic rings. The predicted molar refractivity (Wildman–Crippen MR) is 194 cm³/mol. The fraction of sp³-hybridized carbons (Fsp3) is 0.211. The minimum absolute atomic E-state index is 0.118. The van der Waals surface area contributed by atoms with Gasteiger partial charge in [0.15, 0.2) is 11.6 Å². The normalized spacial score (nSPS) is 13.6. The number of carbonyl (C=O) groups is 4. The third-order valence-corrected chi connectivity index (χ3v) is 9.04. The van der Waals surface area contributed by atoms with Crippen molar-refractivity contribution in [1.29, 1.82) is 0 Å². The first-order chi connectivity index (χ1) is 25.3. The molecule has 6 aromatic rings. The molecule has 52 heavy (non-hydrogen) atoms. The standard InChI is InChI=1S/C38H36N8O6/c1-51-37(49)41-35-39-29-21-27(33(47)25-9-5-3-6-10-25)13-15-31(29)45(35)23-43-17-19-44(20-18-43)24-46-32-16-14-28(34(48)26-11-7-4-8-12-26)22-30(32)40-36(46)42-38(50)52-2/h3-16,21-22H,17-20,23-24H2,1-2H3,(H,39,41,49)(H,40,42,50). The molecule has 0 spiro atoms. The maximum absolute atomic E-state index is 13.1. The fourth-order valence-corrected chi connectivity index (χ4v) is 6.29. The molecule has 1 aliphatic heterocycles. The summed E-state index contributed by atoms with van der Waals surface area (Å²) in [5.74, 6) is 0.379. The summed E-state index contributed by atoms with van der Waals surface area (Å²) in [4.78, 5) is 64.6. The Hall–Kier alpha value is -6.38. The molecule has 14 nitrogen and oxygen atoms in total. The van der Waals surface area contributed by atoms with Crippen molar-refractivity contribution in [2.24, 2.45) is 0 Å². The van der Waals surface area contributed by atoms with Crippen molar-refractivity contribution in [2.75, 3.05) is 51.0 Å². The average Bonchev–Trinajstić information content (AvgIpc) is 3.70. The van der Waals surface area contributed by atoms with E-state index in [9.17, 15) is 19.2 Å². The highest BCUT2D eigenvalue weighted by Gasteiger charge is 2.24. The van der Waals surface area contributed by atoms with E-state index in [-0.39, 0.29) is 11.6 Å². The van der Waals surface area contributed by atoms with Crippen molar-refractivity contribution < 1.29 is 28.7 Å². The summed E-state index contributed by atoms with van der Waals surface area (Å²) in [5, 5.41) is 5.43. The number of fused-ring (bicyclic) bond motifs is 2. The number of ether oxygens (including phenoxy) is 2. The van der Waals surface area contributed by atoms with E-state index >= 15 is 0 Å². The van der Waals surface area contributed by atoms with Gasteiger partial charge in [0, 0.05) is 48.4 Å². The van der Waals surface area contributed by atoms with Gasteiger partial charge in [-0.05, 0) is 36.4 Å². The molecule has 0 bridgehead atoms. The van der Waals surface area contributed by atoms with Gasteiger partial charge in [-0.15, -0.1) is 0 Å².